The summed E-state index contributed by atoms with van der Waals surface area (Å²) < 4.78 is 39.0. The van der Waals surface area contributed by atoms with Crippen molar-refractivity contribution in [1.29, 1.82) is 0 Å². The van der Waals surface area contributed by atoms with Crippen LogP contribution in [0.1, 0.15) is 23.8 Å². The monoisotopic (exact) mass is 426 g/mol. The van der Waals surface area contributed by atoms with Gasteiger partial charge in [0.1, 0.15) is 11.5 Å². The Morgan fingerprint density at radius 1 is 1.13 bits per heavy atom. The number of fused-ring (bicyclic) bond motifs is 1. The van der Waals surface area contributed by atoms with E-state index in [1.165, 1.54) is 25.5 Å². The molecule has 0 spiro atoms. The number of ether oxygens (including phenoxy) is 1. The Balaban J connectivity index is 1.56. The van der Waals surface area contributed by atoms with Crippen LogP contribution in [0.2, 0.25) is 0 Å². The van der Waals surface area contributed by atoms with Gasteiger partial charge in [0.05, 0.1) is 30.7 Å². The minimum atomic E-state index is -3.88. The third-order valence-corrected chi connectivity index (χ3v) is 6.61. The van der Waals surface area contributed by atoms with Crippen LogP contribution in [0.25, 0.3) is 0 Å². The first-order valence-corrected chi connectivity index (χ1v) is 11.0. The lowest BCUT2D eigenvalue weighted by atomic mass is 10.1. The average molecular weight is 426 g/mol. The van der Waals surface area contributed by atoms with Crippen LogP contribution in [-0.2, 0) is 21.2 Å². The number of amides is 1. The average Bonchev–Trinajstić information content (AvgIpc) is 3.43. The molecule has 0 aliphatic carbocycles. The molecule has 1 aromatic heterocycles. The standard InChI is InChI=1S/C22H22N2O5S/c1-28-17-8-10-18(11-9-17)30(26,27)23-19(21-7-4-14-29-21)15-22(25)24-13-12-16-5-2-3-6-20(16)24/h2-11,14,19,23H,12-13,15H2,1H3/t19-/m0/s1. The van der Waals surface area contributed by atoms with E-state index in [1.807, 2.05) is 24.3 Å². The van der Waals surface area contributed by atoms with Crippen molar-refractivity contribution in [3.63, 3.8) is 0 Å². The van der Waals surface area contributed by atoms with Gasteiger partial charge >= 0.3 is 0 Å². The fourth-order valence-corrected chi connectivity index (χ4v) is 4.79. The Morgan fingerprint density at radius 3 is 2.60 bits per heavy atom. The first kappa shape index (κ1) is 20.2. The molecule has 156 valence electrons. The quantitative estimate of drug-likeness (QED) is 0.626. The maximum Gasteiger partial charge on any atom is 0.241 e. The molecule has 0 saturated heterocycles. The number of anilines is 1. The van der Waals surface area contributed by atoms with E-state index in [0.29, 0.717) is 18.1 Å². The van der Waals surface area contributed by atoms with Crippen molar-refractivity contribution < 1.29 is 22.4 Å². The molecule has 1 aliphatic heterocycles. The van der Waals surface area contributed by atoms with Gasteiger partial charge in [-0.3, -0.25) is 4.79 Å². The number of sulfonamides is 1. The largest absolute Gasteiger partial charge is 0.497 e. The number of methoxy groups -OCH3 is 1. The van der Waals surface area contributed by atoms with Crippen molar-refractivity contribution >= 4 is 21.6 Å². The summed E-state index contributed by atoms with van der Waals surface area (Å²) in [6, 6.07) is 16.3. The highest BCUT2D eigenvalue weighted by atomic mass is 32.2. The van der Waals surface area contributed by atoms with E-state index in [0.717, 1.165) is 17.7 Å². The molecule has 2 aromatic carbocycles. The molecule has 3 aromatic rings. The van der Waals surface area contributed by atoms with Gasteiger partial charge < -0.3 is 14.1 Å². The predicted octanol–water partition coefficient (Wildman–Crippen LogP) is 3.29. The van der Waals surface area contributed by atoms with Gasteiger partial charge in [-0.25, -0.2) is 8.42 Å². The van der Waals surface area contributed by atoms with Crippen molar-refractivity contribution in [1.82, 2.24) is 4.72 Å². The van der Waals surface area contributed by atoms with Gasteiger partial charge in [0.25, 0.3) is 0 Å². The fourth-order valence-electron chi connectivity index (χ4n) is 3.58. The number of rotatable bonds is 7. The van der Waals surface area contributed by atoms with Gasteiger partial charge in [-0.2, -0.15) is 4.72 Å². The highest BCUT2D eigenvalue weighted by Gasteiger charge is 2.30. The molecule has 8 heteroatoms. The molecule has 30 heavy (non-hydrogen) atoms. The van der Waals surface area contributed by atoms with E-state index in [4.69, 9.17) is 9.15 Å². The summed E-state index contributed by atoms with van der Waals surface area (Å²) in [7, 11) is -2.37. The Bertz CT molecular complexity index is 1120. The summed E-state index contributed by atoms with van der Waals surface area (Å²) in [5.74, 6) is 0.770. The number of hydrogen-bond acceptors (Lipinski definition) is 5. The van der Waals surface area contributed by atoms with Gasteiger partial charge in [-0.15, -0.1) is 0 Å². The highest BCUT2D eigenvalue weighted by Crippen LogP contribution is 2.30. The van der Waals surface area contributed by atoms with Crippen LogP contribution in [-0.4, -0.2) is 28.0 Å². The third-order valence-electron chi connectivity index (χ3n) is 5.12. The van der Waals surface area contributed by atoms with Gasteiger partial charge in [0.2, 0.25) is 15.9 Å². The molecule has 0 fully saturated rings. The highest BCUT2D eigenvalue weighted by molar-refractivity contribution is 7.89. The van der Waals surface area contributed by atoms with E-state index >= 15 is 0 Å². The summed E-state index contributed by atoms with van der Waals surface area (Å²) in [6.07, 6.45) is 2.18. The third kappa shape index (κ3) is 4.10. The number of benzene rings is 2. The maximum atomic E-state index is 13.1. The van der Waals surface area contributed by atoms with E-state index < -0.39 is 16.1 Å². The number of para-hydroxylation sites is 1. The van der Waals surface area contributed by atoms with Crippen LogP contribution in [0.5, 0.6) is 5.75 Å². The van der Waals surface area contributed by atoms with Crippen molar-refractivity contribution in [2.45, 2.75) is 23.8 Å². The molecule has 0 saturated carbocycles. The second-order valence-electron chi connectivity index (χ2n) is 6.99. The normalized spacial score (nSPS) is 14.4. The molecule has 2 heterocycles. The second kappa shape index (κ2) is 8.33. The number of nitrogens with one attached hydrogen (secondary N) is 1. The molecular weight excluding hydrogens is 404 g/mol. The van der Waals surface area contributed by atoms with Crippen molar-refractivity contribution in [3.05, 3.63) is 78.3 Å². The lowest BCUT2D eigenvalue weighted by Gasteiger charge is -2.22. The lowest BCUT2D eigenvalue weighted by molar-refractivity contribution is -0.119. The molecule has 1 N–H and O–H groups in total. The molecule has 1 amide bonds. The number of nitrogens with zero attached hydrogens (tertiary/aromatic N) is 1. The molecule has 0 unspecified atom stereocenters. The molecule has 1 atom stereocenters. The summed E-state index contributed by atoms with van der Waals surface area (Å²) in [6.45, 7) is 0.578. The number of furan rings is 1. The zero-order valence-electron chi connectivity index (χ0n) is 16.4. The number of carbonyl (C=O) groups is 1. The smallest absolute Gasteiger partial charge is 0.241 e. The van der Waals surface area contributed by atoms with E-state index in [-0.39, 0.29) is 17.2 Å². The van der Waals surface area contributed by atoms with Crippen LogP contribution in [0, 0.1) is 0 Å². The predicted molar refractivity (Wildman–Crippen MR) is 112 cm³/mol. The van der Waals surface area contributed by atoms with Crippen molar-refractivity contribution in [2.75, 3.05) is 18.6 Å². The van der Waals surface area contributed by atoms with E-state index in [9.17, 15) is 13.2 Å². The Hall–Kier alpha value is -3.10. The minimum Gasteiger partial charge on any atom is -0.497 e. The van der Waals surface area contributed by atoms with Crippen LogP contribution < -0.4 is 14.4 Å². The summed E-state index contributed by atoms with van der Waals surface area (Å²) in [4.78, 5) is 14.8. The summed E-state index contributed by atoms with van der Waals surface area (Å²) >= 11 is 0. The van der Waals surface area contributed by atoms with Crippen LogP contribution in [0.4, 0.5) is 5.69 Å². The van der Waals surface area contributed by atoms with E-state index in [2.05, 4.69) is 4.72 Å². The van der Waals surface area contributed by atoms with E-state index in [1.54, 1.807) is 29.2 Å². The Labute approximate surface area is 175 Å². The minimum absolute atomic E-state index is 0.0583. The first-order valence-electron chi connectivity index (χ1n) is 9.56. The zero-order chi connectivity index (χ0) is 21.1. The van der Waals surface area contributed by atoms with Crippen LogP contribution >= 0.6 is 0 Å². The SMILES string of the molecule is COc1ccc(S(=O)(=O)N[C@@H](CC(=O)N2CCc3ccccc32)c2ccco2)cc1. The van der Waals surface area contributed by atoms with Crippen LogP contribution in [0.15, 0.2) is 76.2 Å². The van der Waals surface area contributed by atoms with Crippen molar-refractivity contribution in [2.24, 2.45) is 0 Å². The molecule has 7 nitrogen and oxygen atoms in total. The molecule has 1 aliphatic rings. The fraction of sp³-hybridized carbons (Fsp3) is 0.227. The topological polar surface area (TPSA) is 88.8 Å². The summed E-state index contributed by atoms with van der Waals surface area (Å²) in [5.41, 5.74) is 1.98. The first-order chi connectivity index (χ1) is 14.5. The Kier molecular flexibility index (Phi) is 5.61. The van der Waals surface area contributed by atoms with Gasteiger partial charge in [0.15, 0.2) is 0 Å². The zero-order valence-corrected chi connectivity index (χ0v) is 17.3. The molecule has 0 radical (unpaired) electrons. The Morgan fingerprint density at radius 2 is 1.90 bits per heavy atom. The van der Waals surface area contributed by atoms with Gasteiger partial charge in [0, 0.05) is 12.2 Å². The lowest BCUT2D eigenvalue weighted by Crippen LogP contribution is -2.35. The number of carbonyl (C=O) groups excluding carboxylic acids is 1. The van der Waals surface area contributed by atoms with Crippen LogP contribution in [0.3, 0.4) is 0 Å². The summed E-state index contributed by atoms with van der Waals surface area (Å²) in [5, 5.41) is 0. The maximum absolute atomic E-state index is 13.1. The molecule has 4 rings (SSSR count). The number of hydrogen-bond donors (Lipinski definition) is 1. The van der Waals surface area contributed by atoms with Crippen molar-refractivity contribution in [3.8, 4) is 5.75 Å². The molecule has 0 bridgehead atoms. The second-order valence-corrected chi connectivity index (χ2v) is 8.71. The van der Waals surface area contributed by atoms with Gasteiger partial charge in [-0.05, 0) is 54.4 Å². The molecular formula is C22H22N2O5S. The van der Waals surface area contributed by atoms with Gasteiger partial charge in [-0.1, -0.05) is 18.2 Å².